The summed E-state index contributed by atoms with van der Waals surface area (Å²) < 4.78 is 1.69. The molecule has 0 unspecified atom stereocenters. The average molecular weight is 324 g/mol. The summed E-state index contributed by atoms with van der Waals surface area (Å²) in [5, 5.41) is 15.9. The third-order valence-electron chi connectivity index (χ3n) is 3.80. The van der Waals surface area contributed by atoms with Crippen LogP contribution in [0.2, 0.25) is 0 Å². The van der Waals surface area contributed by atoms with Gasteiger partial charge in [0, 0.05) is 31.3 Å². The second-order valence-electron chi connectivity index (χ2n) is 5.40. The number of hydrogen-bond acceptors (Lipinski definition) is 5. The molecule has 7 heteroatoms. The van der Waals surface area contributed by atoms with Crippen LogP contribution < -0.4 is 10.2 Å². The van der Waals surface area contributed by atoms with E-state index in [1.807, 2.05) is 50.2 Å². The van der Waals surface area contributed by atoms with Crippen LogP contribution in [0.15, 0.2) is 36.4 Å². The molecule has 124 valence electrons. The Labute approximate surface area is 140 Å². The number of rotatable bonds is 5. The molecule has 2 aromatic heterocycles. The first kappa shape index (κ1) is 15.9. The van der Waals surface area contributed by atoms with Crippen molar-refractivity contribution in [3.63, 3.8) is 0 Å². The number of amides is 1. The van der Waals surface area contributed by atoms with Crippen LogP contribution in [-0.4, -0.2) is 39.3 Å². The van der Waals surface area contributed by atoms with Crippen LogP contribution in [0.1, 0.15) is 20.3 Å². The smallest absolute Gasteiger partial charge is 0.246 e. The van der Waals surface area contributed by atoms with Gasteiger partial charge in [0.1, 0.15) is 0 Å². The summed E-state index contributed by atoms with van der Waals surface area (Å²) in [5.41, 5.74) is 3.25. The number of nitrogens with zero attached hydrogens (tertiary/aromatic N) is 5. The Kier molecular flexibility index (Phi) is 4.41. The van der Waals surface area contributed by atoms with Crippen LogP contribution in [-0.2, 0) is 4.79 Å². The molecule has 1 aromatic carbocycles. The van der Waals surface area contributed by atoms with Crippen molar-refractivity contribution < 1.29 is 4.79 Å². The van der Waals surface area contributed by atoms with E-state index in [4.69, 9.17) is 0 Å². The quantitative estimate of drug-likeness (QED) is 0.781. The molecule has 3 aromatic rings. The molecule has 2 heterocycles. The number of carbonyl (C=O) groups excluding carboxylic acids is 1. The van der Waals surface area contributed by atoms with Gasteiger partial charge in [0.2, 0.25) is 11.9 Å². The fraction of sp³-hybridized carbons (Fsp3) is 0.294. The van der Waals surface area contributed by atoms with Gasteiger partial charge in [-0.3, -0.25) is 4.79 Å². The lowest BCUT2D eigenvalue weighted by atomic mass is 10.1. The van der Waals surface area contributed by atoms with E-state index in [2.05, 4.69) is 20.6 Å². The van der Waals surface area contributed by atoms with Gasteiger partial charge >= 0.3 is 0 Å². The summed E-state index contributed by atoms with van der Waals surface area (Å²) in [4.78, 5) is 13.6. The Morgan fingerprint density at radius 2 is 2.04 bits per heavy atom. The monoisotopic (exact) mass is 324 g/mol. The van der Waals surface area contributed by atoms with Crippen LogP contribution in [0, 0.1) is 0 Å². The first-order chi connectivity index (χ1) is 11.6. The highest BCUT2D eigenvalue weighted by atomic mass is 16.2. The van der Waals surface area contributed by atoms with Crippen molar-refractivity contribution in [1.29, 1.82) is 0 Å². The predicted molar refractivity (Wildman–Crippen MR) is 94.1 cm³/mol. The fourth-order valence-electron chi connectivity index (χ4n) is 2.47. The molecule has 0 radical (unpaired) electrons. The van der Waals surface area contributed by atoms with E-state index in [0.29, 0.717) is 18.0 Å². The second kappa shape index (κ2) is 6.66. The van der Waals surface area contributed by atoms with Gasteiger partial charge in [-0.1, -0.05) is 19.1 Å². The molecule has 0 bridgehead atoms. The van der Waals surface area contributed by atoms with Crippen molar-refractivity contribution in [3.8, 4) is 11.3 Å². The fourth-order valence-corrected chi connectivity index (χ4v) is 2.47. The molecule has 0 spiro atoms. The van der Waals surface area contributed by atoms with E-state index < -0.39 is 0 Å². The molecular weight excluding hydrogens is 304 g/mol. The number of benzene rings is 1. The number of carbonyl (C=O) groups is 1. The molecule has 7 nitrogen and oxygen atoms in total. The van der Waals surface area contributed by atoms with E-state index in [1.165, 1.54) is 0 Å². The number of aromatic nitrogens is 4. The van der Waals surface area contributed by atoms with Crippen molar-refractivity contribution >= 4 is 23.2 Å². The zero-order valence-corrected chi connectivity index (χ0v) is 14.0. The summed E-state index contributed by atoms with van der Waals surface area (Å²) in [7, 11) is 1.78. The zero-order chi connectivity index (χ0) is 17.1. The van der Waals surface area contributed by atoms with Crippen molar-refractivity contribution in [2.24, 2.45) is 0 Å². The van der Waals surface area contributed by atoms with Crippen molar-refractivity contribution in [2.75, 3.05) is 23.8 Å². The zero-order valence-electron chi connectivity index (χ0n) is 14.0. The third-order valence-corrected chi connectivity index (χ3v) is 3.80. The molecule has 0 aliphatic rings. The van der Waals surface area contributed by atoms with Gasteiger partial charge < -0.3 is 10.2 Å². The highest BCUT2D eigenvalue weighted by molar-refractivity contribution is 5.93. The van der Waals surface area contributed by atoms with Crippen molar-refractivity contribution in [1.82, 2.24) is 19.8 Å². The maximum Gasteiger partial charge on any atom is 0.246 e. The summed E-state index contributed by atoms with van der Waals surface area (Å²) in [6.45, 7) is 4.59. The molecule has 0 saturated heterocycles. The molecule has 0 fully saturated rings. The Bertz CT molecular complexity index is 872. The molecule has 0 atom stereocenters. The van der Waals surface area contributed by atoms with Crippen LogP contribution >= 0.6 is 0 Å². The van der Waals surface area contributed by atoms with Gasteiger partial charge in [0.15, 0.2) is 5.65 Å². The normalized spacial score (nSPS) is 10.8. The van der Waals surface area contributed by atoms with E-state index in [0.717, 1.165) is 23.5 Å². The largest absolute Gasteiger partial charge is 0.353 e. The lowest BCUT2D eigenvalue weighted by Gasteiger charge is -2.17. The molecule has 0 aliphatic carbocycles. The number of fused-ring (bicyclic) bond motifs is 1. The minimum atomic E-state index is 0.0730. The lowest BCUT2D eigenvalue weighted by Crippen LogP contribution is -2.24. The molecular formula is C17H20N6O. The molecule has 1 N–H and O–H groups in total. The minimum absolute atomic E-state index is 0.0730. The maximum absolute atomic E-state index is 11.9. The summed E-state index contributed by atoms with van der Waals surface area (Å²) >= 11 is 0. The third kappa shape index (κ3) is 2.92. The summed E-state index contributed by atoms with van der Waals surface area (Å²) in [6, 6.07) is 11.5. The Balaban J connectivity index is 2.01. The molecule has 0 aliphatic heterocycles. The van der Waals surface area contributed by atoms with Crippen LogP contribution in [0.3, 0.4) is 0 Å². The van der Waals surface area contributed by atoms with Gasteiger partial charge in [0.25, 0.3) is 0 Å². The van der Waals surface area contributed by atoms with Gasteiger partial charge in [-0.05, 0) is 31.2 Å². The topological polar surface area (TPSA) is 75.4 Å². The summed E-state index contributed by atoms with van der Waals surface area (Å²) in [5.74, 6) is 0.688. The van der Waals surface area contributed by atoms with Crippen LogP contribution in [0.25, 0.3) is 16.9 Å². The highest BCUT2D eigenvalue weighted by Gasteiger charge is 2.11. The molecule has 3 rings (SSSR count). The number of nitrogens with one attached hydrogen (secondary N) is 1. The van der Waals surface area contributed by atoms with Crippen LogP contribution in [0.5, 0.6) is 0 Å². The predicted octanol–water partition coefficient (Wildman–Crippen LogP) is 2.60. The Morgan fingerprint density at radius 1 is 1.21 bits per heavy atom. The summed E-state index contributed by atoms with van der Waals surface area (Å²) in [6.07, 6.45) is 0.470. The lowest BCUT2D eigenvalue weighted by molar-refractivity contribution is -0.118. The van der Waals surface area contributed by atoms with Crippen LogP contribution in [0.4, 0.5) is 11.6 Å². The molecule has 1 amide bonds. The first-order valence-corrected chi connectivity index (χ1v) is 7.97. The van der Waals surface area contributed by atoms with Gasteiger partial charge in [-0.2, -0.15) is 9.61 Å². The van der Waals surface area contributed by atoms with Gasteiger partial charge in [0.05, 0.1) is 5.69 Å². The molecule has 0 saturated carbocycles. The Hall–Kier alpha value is -2.96. The average Bonchev–Trinajstić information content (AvgIpc) is 3.03. The second-order valence-corrected chi connectivity index (χ2v) is 5.40. The molecule has 24 heavy (non-hydrogen) atoms. The number of hydrogen-bond donors (Lipinski definition) is 1. The Morgan fingerprint density at radius 3 is 2.79 bits per heavy atom. The van der Waals surface area contributed by atoms with Gasteiger partial charge in [-0.15, -0.1) is 10.2 Å². The minimum Gasteiger partial charge on any atom is -0.353 e. The highest BCUT2D eigenvalue weighted by Crippen LogP contribution is 2.23. The van der Waals surface area contributed by atoms with E-state index in [-0.39, 0.29) is 5.91 Å². The van der Waals surface area contributed by atoms with E-state index in [9.17, 15) is 4.79 Å². The first-order valence-electron chi connectivity index (χ1n) is 7.97. The van der Waals surface area contributed by atoms with Gasteiger partial charge in [-0.25, -0.2) is 0 Å². The van der Waals surface area contributed by atoms with E-state index in [1.54, 1.807) is 16.5 Å². The number of anilines is 2. The van der Waals surface area contributed by atoms with Crippen molar-refractivity contribution in [2.45, 2.75) is 20.3 Å². The SMILES string of the molecule is CCNc1nnc2ccc(-c3cccc(N(C)C(=O)CC)c3)nn12. The van der Waals surface area contributed by atoms with E-state index >= 15 is 0 Å². The maximum atomic E-state index is 11.9. The standard InChI is InChI=1S/C17H20N6O/c1-4-16(24)22(3)13-8-6-7-12(11-13)14-9-10-15-19-20-17(18-5-2)23(15)21-14/h6-11H,4-5H2,1-3H3,(H,18,20). The van der Waals surface area contributed by atoms with Crippen molar-refractivity contribution in [3.05, 3.63) is 36.4 Å².